The average Bonchev–Trinajstić information content (AvgIpc) is 3.55. The summed E-state index contributed by atoms with van der Waals surface area (Å²) in [4.78, 5) is 33.3. The van der Waals surface area contributed by atoms with Crippen LogP contribution in [-0.4, -0.2) is 93.2 Å². The van der Waals surface area contributed by atoms with Gasteiger partial charge in [-0.25, -0.2) is 0 Å². The number of aryl methyl sites for hydroxylation is 1. The van der Waals surface area contributed by atoms with Gasteiger partial charge < -0.3 is 28.4 Å². The maximum Gasteiger partial charge on any atom is 0.254 e. The first-order valence-corrected chi connectivity index (χ1v) is 14.7. The third kappa shape index (κ3) is 8.84. The molecule has 9 nitrogen and oxygen atoms in total. The van der Waals surface area contributed by atoms with Crippen molar-refractivity contribution in [1.29, 1.82) is 0 Å². The van der Waals surface area contributed by atoms with Crippen LogP contribution in [0, 0.1) is 0 Å². The van der Waals surface area contributed by atoms with E-state index in [1.54, 1.807) is 30.3 Å². The molecule has 0 radical (unpaired) electrons. The zero-order valence-corrected chi connectivity index (χ0v) is 25.0. The monoisotopic (exact) mass is 577 g/mol. The third-order valence-electron chi connectivity index (χ3n) is 7.63. The molecule has 1 aromatic heterocycles. The molecule has 0 unspecified atom stereocenters. The Labute approximate surface area is 248 Å². The van der Waals surface area contributed by atoms with Gasteiger partial charge in [0.25, 0.3) is 5.91 Å². The number of nitrogens with zero attached hydrogens (tertiary/aromatic N) is 3. The summed E-state index contributed by atoms with van der Waals surface area (Å²) in [7, 11) is 3.21. The fraction of sp³-hybridized carbons (Fsp3) is 0.455. The average molecular weight is 578 g/mol. The van der Waals surface area contributed by atoms with Gasteiger partial charge in [0.2, 0.25) is 5.91 Å². The van der Waals surface area contributed by atoms with Crippen LogP contribution in [-0.2, 0) is 28.9 Å². The first kappa shape index (κ1) is 31.1. The molecule has 0 bridgehead atoms. The number of rotatable bonds is 15. The maximum atomic E-state index is 13.8. The normalized spacial score (nSPS) is 13.5. The molecule has 0 spiro atoms. The summed E-state index contributed by atoms with van der Waals surface area (Å²) in [6.07, 6.45) is 3.89. The van der Waals surface area contributed by atoms with E-state index in [-0.39, 0.29) is 18.4 Å². The van der Waals surface area contributed by atoms with Gasteiger partial charge in [-0.1, -0.05) is 25.1 Å². The van der Waals surface area contributed by atoms with Gasteiger partial charge >= 0.3 is 0 Å². The van der Waals surface area contributed by atoms with E-state index in [2.05, 4.69) is 11.8 Å². The molecule has 1 fully saturated rings. The molecule has 1 saturated heterocycles. The number of hydrogen-bond donors (Lipinski definition) is 0. The van der Waals surface area contributed by atoms with Gasteiger partial charge in [-0.3, -0.25) is 14.5 Å². The van der Waals surface area contributed by atoms with Crippen molar-refractivity contribution in [3.05, 3.63) is 83.3 Å². The maximum absolute atomic E-state index is 13.8. The Morgan fingerprint density at radius 3 is 2.31 bits per heavy atom. The topological polar surface area (TPSA) is 84.7 Å². The number of methoxy groups -OCH3 is 2. The number of benzene rings is 2. The molecule has 9 heteroatoms. The highest BCUT2D eigenvalue weighted by atomic mass is 16.5. The van der Waals surface area contributed by atoms with Gasteiger partial charge in [0.1, 0.15) is 12.3 Å². The van der Waals surface area contributed by atoms with E-state index in [0.717, 1.165) is 51.3 Å². The second-order valence-corrected chi connectivity index (χ2v) is 10.4. The second kappa shape index (κ2) is 16.0. The van der Waals surface area contributed by atoms with Crippen LogP contribution in [0.25, 0.3) is 0 Å². The minimum absolute atomic E-state index is 0.00981. The van der Waals surface area contributed by atoms with Crippen LogP contribution in [0.15, 0.2) is 65.3 Å². The molecule has 3 aromatic rings. The zero-order valence-electron chi connectivity index (χ0n) is 25.0. The number of amides is 2. The molecule has 0 N–H and O–H groups in total. The summed E-state index contributed by atoms with van der Waals surface area (Å²) in [6.45, 7) is 7.42. The van der Waals surface area contributed by atoms with Crippen molar-refractivity contribution in [3.8, 4) is 11.5 Å². The molecule has 226 valence electrons. The first-order chi connectivity index (χ1) is 20.5. The van der Waals surface area contributed by atoms with Crippen molar-refractivity contribution in [2.75, 3.05) is 66.7 Å². The Morgan fingerprint density at radius 2 is 1.64 bits per heavy atom. The Kier molecular flexibility index (Phi) is 11.8. The fourth-order valence-electron chi connectivity index (χ4n) is 5.07. The van der Waals surface area contributed by atoms with E-state index in [0.29, 0.717) is 48.9 Å². The van der Waals surface area contributed by atoms with Crippen LogP contribution in [0.4, 0.5) is 0 Å². The number of carbonyl (C=O) groups excluding carboxylic acids is 2. The lowest BCUT2D eigenvalue weighted by Crippen LogP contribution is -2.44. The van der Waals surface area contributed by atoms with Gasteiger partial charge in [0, 0.05) is 38.3 Å². The van der Waals surface area contributed by atoms with E-state index < -0.39 is 0 Å². The summed E-state index contributed by atoms with van der Waals surface area (Å²) >= 11 is 0. The van der Waals surface area contributed by atoms with Crippen molar-refractivity contribution in [2.45, 2.75) is 32.7 Å². The highest BCUT2D eigenvalue weighted by Crippen LogP contribution is 2.28. The molecule has 4 rings (SSSR count). The van der Waals surface area contributed by atoms with Crippen LogP contribution in [0.2, 0.25) is 0 Å². The molecule has 0 saturated carbocycles. The lowest BCUT2D eigenvalue weighted by molar-refractivity contribution is -0.132. The van der Waals surface area contributed by atoms with Crippen molar-refractivity contribution < 1.29 is 28.2 Å². The minimum atomic E-state index is -0.134. The van der Waals surface area contributed by atoms with Gasteiger partial charge in [0.15, 0.2) is 11.5 Å². The lowest BCUT2D eigenvalue weighted by atomic mass is 10.1. The third-order valence-corrected chi connectivity index (χ3v) is 7.63. The minimum Gasteiger partial charge on any atom is -0.493 e. The first-order valence-electron chi connectivity index (χ1n) is 14.7. The number of morpholine rings is 1. The Morgan fingerprint density at radius 1 is 0.905 bits per heavy atom. The molecule has 2 heterocycles. The smallest absolute Gasteiger partial charge is 0.254 e. The van der Waals surface area contributed by atoms with Crippen LogP contribution < -0.4 is 9.47 Å². The molecule has 1 aliphatic heterocycles. The SMILES string of the molecule is CCc1ccc(C(=O)N(CCCN2CCOCC2)CC(=O)N(CCc2ccc(OC)c(OC)c2)Cc2ccco2)cc1. The molecule has 42 heavy (non-hydrogen) atoms. The molecule has 0 atom stereocenters. The van der Waals surface area contributed by atoms with Crippen LogP contribution in [0.1, 0.15) is 40.6 Å². The van der Waals surface area contributed by atoms with Gasteiger partial charge in [0.05, 0.1) is 40.2 Å². The van der Waals surface area contributed by atoms with E-state index >= 15 is 0 Å². The number of hydrogen-bond acceptors (Lipinski definition) is 7. The van der Waals surface area contributed by atoms with E-state index in [1.165, 1.54) is 5.56 Å². The van der Waals surface area contributed by atoms with E-state index in [4.69, 9.17) is 18.6 Å². The molecule has 1 aliphatic rings. The zero-order chi connectivity index (χ0) is 29.7. The van der Waals surface area contributed by atoms with Gasteiger partial charge in [-0.05, 0) is 66.8 Å². The Bertz CT molecular complexity index is 1260. The van der Waals surface area contributed by atoms with Crippen LogP contribution in [0.3, 0.4) is 0 Å². The van der Waals surface area contributed by atoms with Crippen molar-refractivity contribution in [2.24, 2.45) is 0 Å². The fourth-order valence-corrected chi connectivity index (χ4v) is 5.07. The predicted molar refractivity (Wildman–Crippen MR) is 161 cm³/mol. The van der Waals surface area contributed by atoms with Crippen molar-refractivity contribution in [1.82, 2.24) is 14.7 Å². The standard InChI is InChI=1S/C33H43N3O6/c1-4-26-8-11-28(12-9-26)33(38)36(16-6-15-34-18-21-41-22-19-34)25-32(37)35(24-29-7-5-20-42-29)17-14-27-10-13-30(39-2)31(23-27)40-3/h5,7-13,20,23H,4,6,14-19,21-22,24-25H2,1-3H3. The Balaban J connectivity index is 1.48. The summed E-state index contributed by atoms with van der Waals surface area (Å²) in [6, 6.07) is 17.1. The molecule has 2 aromatic carbocycles. The molecular formula is C33H43N3O6. The summed E-state index contributed by atoms with van der Waals surface area (Å²) in [5.41, 5.74) is 2.77. The summed E-state index contributed by atoms with van der Waals surface area (Å²) < 4.78 is 21.9. The van der Waals surface area contributed by atoms with Crippen molar-refractivity contribution in [3.63, 3.8) is 0 Å². The van der Waals surface area contributed by atoms with Gasteiger partial charge in [-0.15, -0.1) is 0 Å². The van der Waals surface area contributed by atoms with E-state index in [1.807, 2.05) is 54.6 Å². The number of ether oxygens (including phenoxy) is 3. The highest BCUT2D eigenvalue weighted by Gasteiger charge is 2.24. The summed E-state index contributed by atoms with van der Waals surface area (Å²) in [5, 5.41) is 0. The lowest BCUT2D eigenvalue weighted by Gasteiger charge is -2.30. The number of furan rings is 1. The number of carbonyl (C=O) groups is 2. The highest BCUT2D eigenvalue weighted by molar-refractivity contribution is 5.96. The molecule has 0 aliphatic carbocycles. The summed E-state index contributed by atoms with van der Waals surface area (Å²) in [5.74, 6) is 1.73. The molecule has 2 amide bonds. The van der Waals surface area contributed by atoms with Crippen molar-refractivity contribution >= 4 is 11.8 Å². The second-order valence-electron chi connectivity index (χ2n) is 10.4. The Hall–Kier alpha value is -3.82. The van der Waals surface area contributed by atoms with Crippen LogP contribution in [0.5, 0.6) is 11.5 Å². The van der Waals surface area contributed by atoms with Crippen LogP contribution >= 0.6 is 0 Å². The van der Waals surface area contributed by atoms with E-state index in [9.17, 15) is 9.59 Å². The molecular weight excluding hydrogens is 534 g/mol. The van der Waals surface area contributed by atoms with Gasteiger partial charge in [-0.2, -0.15) is 0 Å². The predicted octanol–water partition coefficient (Wildman–Crippen LogP) is 4.30. The largest absolute Gasteiger partial charge is 0.493 e. The quantitative estimate of drug-likeness (QED) is 0.266.